The minimum atomic E-state index is 0.127. The van der Waals surface area contributed by atoms with Crippen LogP contribution < -0.4 is 5.32 Å². The molecule has 2 saturated carbocycles. The van der Waals surface area contributed by atoms with E-state index in [0.717, 1.165) is 62.6 Å². The number of hydrogen-bond donors (Lipinski definition) is 1. The predicted octanol–water partition coefficient (Wildman–Crippen LogP) is 5.95. The normalized spacial score (nSPS) is 22.2. The highest BCUT2D eigenvalue weighted by atomic mass is 16.2. The Morgan fingerprint density at radius 1 is 0.857 bits per heavy atom. The molecule has 0 radical (unpaired) electrons. The Kier molecular flexibility index (Phi) is 6.43. The Hall–Kier alpha value is -1.71. The maximum atomic E-state index is 13.0. The lowest BCUT2D eigenvalue weighted by molar-refractivity contribution is -0.120. The number of ketones is 1. The molecule has 0 aliphatic heterocycles. The summed E-state index contributed by atoms with van der Waals surface area (Å²) < 4.78 is 0. The molecular formula is C24H34N2O2. The highest BCUT2D eigenvalue weighted by Crippen LogP contribution is 2.40. The van der Waals surface area contributed by atoms with Gasteiger partial charge < -0.3 is 5.32 Å². The van der Waals surface area contributed by atoms with Gasteiger partial charge in [0.15, 0.2) is 5.78 Å². The number of nitrogens with one attached hydrogen (secondary N) is 1. The van der Waals surface area contributed by atoms with E-state index in [4.69, 9.17) is 0 Å². The number of hydrogen-bond acceptors (Lipinski definition) is 3. The van der Waals surface area contributed by atoms with E-state index in [9.17, 15) is 9.59 Å². The number of pyridine rings is 1. The standard InChI is InChI=1S/C24H34N2O2/c27-21-15-9-14-19-22(17-10-5-1-2-6-11-17)20(16-25-23(19)21)26-24(28)18-12-7-3-4-8-13-18/h16-18H,1-15H2,(H,26,28). The van der Waals surface area contributed by atoms with Crippen LogP contribution in [0.25, 0.3) is 0 Å². The summed E-state index contributed by atoms with van der Waals surface area (Å²) in [6.45, 7) is 0. The summed E-state index contributed by atoms with van der Waals surface area (Å²) in [5, 5.41) is 3.28. The Bertz CT molecular complexity index is 712. The number of nitrogens with zero attached hydrogens (tertiary/aromatic N) is 1. The second kappa shape index (κ2) is 9.19. The number of Topliss-reactive ketones (excluding diaryl/α,β-unsaturated/α-hetero) is 1. The minimum Gasteiger partial charge on any atom is -0.324 e. The third-order valence-electron chi connectivity index (χ3n) is 7.07. The molecule has 28 heavy (non-hydrogen) atoms. The number of carbonyl (C=O) groups excluding carboxylic acids is 2. The van der Waals surface area contributed by atoms with E-state index in [-0.39, 0.29) is 17.6 Å². The summed E-state index contributed by atoms with van der Waals surface area (Å²) in [6.07, 6.45) is 18.5. The van der Waals surface area contributed by atoms with Gasteiger partial charge in [0.2, 0.25) is 5.91 Å². The van der Waals surface area contributed by atoms with E-state index < -0.39 is 0 Å². The van der Waals surface area contributed by atoms with E-state index in [0.29, 0.717) is 18.0 Å². The van der Waals surface area contributed by atoms with Crippen LogP contribution in [0.5, 0.6) is 0 Å². The smallest absolute Gasteiger partial charge is 0.227 e. The van der Waals surface area contributed by atoms with Gasteiger partial charge in [-0.3, -0.25) is 14.6 Å². The van der Waals surface area contributed by atoms with Crippen molar-refractivity contribution in [3.63, 3.8) is 0 Å². The van der Waals surface area contributed by atoms with Crippen LogP contribution >= 0.6 is 0 Å². The van der Waals surface area contributed by atoms with E-state index in [1.807, 2.05) is 0 Å². The average molecular weight is 383 g/mol. The zero-order valence-electron chi connectivity index (χ0n) is 17.1. The Morgan fingerprint density at radius 3 is 2.18 bits per heavy atom. The zero-order valence-corrected chi connectivity index (χ0v) is 17.1. The number of rotatable bonds is 3. The molecule has 4 rings (SSSR count). The topological polar surface area (TPSA) is 59.1 Å². The lowest BCUT2D eigenvalue weighted by Gasteiger charge is -2.27. The zero-order chi connectivity index (χ0) is 19.3. The fraction of sp³-hybridized carbons (Fsp3) is 0.708. The van der Waals surface area contributed by atoms with Gasteiger partial charge in [0.1, 0.15) is 5.69 Å². The number of aromatic nitrogens is 1. The van der Waals surface area contributed by atoms with Crippen LogP contribution in [0.1, 0.15) is 117 Å². The SMILES string of the molecule is O=C1CCCc2c1ncc(NC(=O)C1CCCCCC1)c2C1CCCCCC1. The first-order valence-electron chi connectivity index (χ1n) is 11.6. The van der Waals surface area contributed by atoms with Crippen LogP contribution in [0.2, 0.25) is 0 Å². The van der Waals surface area contributed by atoms with Crippen molar-refractivity contribution >= 4 is 17.4 Å². The van der Waals surface area contributed by atoms with Gasteiger partial charge in [-0.15, -0.1) is 0 Å². The largest absolute Gasteiger partial charge is 0.324 e. The second-order valence-corrected chi connectivity index (χ2v) is 9.06. The molecule has 152 valence electrons. The van der Waals surface area contributed by atoms with E-state index in [1.165, 1.54) is 44.1 Å². The van der Waals surface area contributed by atoms with Gasteiger partial charge in [-0.1, -0.05) is 51.4 Å². The highest BCUT2D eigenvalue weighted by molar-refractivity contribution is 5.99. The molecule has 0 aromatic carbocycles. The predicted molar refractivity (Wildman–Crippen MR) is 112 cm³/mol. The van der Waals surface area contributed by atoms with Gasteiger partial charge in [0.25, 0.3) is 0 Å². The van der Waals surface area contributed by atoms with Crippen LogP contribution in [-0.4, -0.2) is 16.7 Å². The lowest BCUT2D eigenvalue weighted by atomic mass is 9.82. The van der Waals surface area contributed by atoms with Crippen molar-refractivity contribution in [2.45, 2.75) is 102 Å². The molecule has 1 N–H and O–H groups in total. The Balaban J connectivity index is 1.65. The molecule has 0 unspecified atom stereocenters. The van der Waals surface area contributed by atoms with Crippen molar-refractivity contribution in [3.8, 4) is 0 Å². The van der Waals surface area contributed by atoms with Gasteiger partial charge >= 0.3 is 0 Å². The maximum Gasteiger partial charge on any atom is 0.227 e. The van der Waals surface area contributed by atoms with Crippen molar-refractivity contribution in [1.29, 1.82) is 0 Å². The first kappa shape index (κ1) is 19.6. The number of anilines is 1. The summed E-state index contributed by atoms with van der Waals surface area (Å²) in [7, 11) is 0. The van der Waals surface area contributed by atoms with Gasteiger partial charge in [0.05, 0.1) is 11.9 Å². The minimum absolute atomic E-state index is 0.127. The summed E-state index contributed by atoms with van der Waals surface area (Å²) in [5.41, 5.74) is 3.97. The number of fused-ring (bicyclic) bond motifs is 1. The first-order chi connectivity index (χ1) is 13.7. The summed E-state index contributed by atoms with van der Waals surface area (Å²) in [6, 6.07) is 0. The third kappa shape index (κ3) is 4.31. The second-order valence-electron chi connectivity index (χ2n) is 9.06. The quantitative estimate of drug-likeness (QED) is 0.657. The van der Waals surface area contributed by atoms with E-state index in [1.54, 1.807) is 6.20 Å². The monoisotopic (exact) mass is 382 g/mol. The van der Waals surface area contributed by atoms with Crippen molar-refractivity contribution in [1.82, 2.24) is 4.98 Å². The third-order valence-corrected chi connectivity index (χ3v) is 7.07. The summed E-state index contributed by atoms with van der Waals surface area (Å²) >= 11 is 0. The maximum absolute atomic E-state index is 13.0. The summed E-state index contributed by atoms with van der Waals surface area (Å²) in [4.78, 5) is 30.0. The molecule has 1 heterocycles. The van der Waals surface area contributed by atoms with Crippen molar-refractivity contribution in [2.75, 3.05) is 5.32 Å². The molecule has 3 aliphatic carbocycles. The van der Waals surface area contributed by atoms with Gasteiger partial charge in [-0.05, 0) is 55.6 Å². The first-order valence-corrected chi connectivity index (χ1v) is 11.6. The van der Waals surface area contributed by atoms with Gasteiger partial charge in [-0.25, -0.2) is 0 Å². The number of amides is 1. The molecule has 4 nitrogen and oxygen atoms in total. The van der Waals surface area contributed by atoms with E-state index in [2.05, 4.69) is 10.3 Å². The van der Waals surface area contributed by atoms with Gasteiger partial charge in [0, 0.05) is 12.3 Å². The molecular weight excluding hydrogens is 348 g/mol. The fourth-order valence-electron chi connectivity index (χ4n) is 5.51. The van der Waals surface area contributed by atoms with Crippen LogP contribution in [-0.2, 0) is 11.2 Å². The summed E-state index contributed by atoms with van der Waals surface area (Å²) in [5.74, 6) is 0.926. The molecule has 2 fully saturated rings. The molecule has 0 atom stereocenters. The van der Waals surface area contributed by atoms with Crippen molar-refractivity contribution in [2.24, 2.45) is 5.92 Å². The molecule has 3 aliphatic rings. The molecule has 0 saturated heterocycles. The van der Waals surface area contributed by atoms with Crippen LogP contribution in [0.4, 0.5) is 5.69 Å². The Morgan fingerprint density at radius 2 is 1.50 bits per heavy atom. The molecule has 1 amide bonds. The van der Waals surface area contributed by atoms with Crippen LogP contribution in [0.3, 0.4) is 0 Å². The molecule has 0 spiro atoms. The van der Waals surface area contributed by atoms with Gasteiger partial charge in [-0.2, -0.15) is 0 Å². The average Bonchev–Trinajstić information content (AvgIpc) is 3.13. The van der Waals surface area contributed by atoms with Crippen LogP contribution in [0.15, 0.2) is 6.20 Å². The molecule has 1 aromatic rings. The number of carbonyl (C=O) groups is 2. The lowest BCUT2D eigenvalue weighted by Crippen LogP contribution is -2.25. The van der Waals surface area contributed by atoms with Crippen molar-refractivity contribution < 1.29 is 9.59 Å². The van der Waals surface area contributed by atoms with Crippen molar-refractivity contribution in [3.05, 3.63) is 23.0 Å². The van der Waals surface area contributed by atoms with Crippen LogP contribution in [0, 0.1) is 5.92 Å². The highest BCUT2D eigenvalue weighted by Gasteiger charge is 2.29. The Labute approximate surface area is 168 Å². The molecule has 0 bridgehead atoms. The molecule has 4 heteroatoms. The van der Waals surface area contributed by atoms with E-state index >= 15 is 0 Å². The molecule has 1 aromatic heterocycles. The fourth-order valence-corrected chi connectivity index (χ4v) is 5.51.